The molecule has 184 valence electrons. The Bertz CT molecular complexity index is 1290. The van der Waals surface area contributed by atoms with Gasteiger partial charge in [0.2, 0.25) is 0 Å². The molecule has 4 rings (SSSR count). The van der Waals surface area contributed by atoms with E-state index in [1.165, 1.54) is 7.11 Å². The van der Waals surface area contributed by atoms with Crippen LogP contribution in [-0.2, 0) is 4.74 Å². The molecule has 35 heavy (non-hydrogen) atoms. The van der Waals surface area contributed by atoms with Crippen molar-refractivity contribution in [3.8, 4) is 11.8 Å². The molecule has 0 saturated carbocycles. The fourth-order valence-electron chi connectivity index (χ4n) is 5.00. The standard InChI is InChI=1S/C27H31FN4O3/c1-16(2)32(26-24(27(33)35-5)19-7-6-17(15-29)14-20(19)30-26)21-8-9-22(34-4)23(25(21)28)18-10-12-31(3)13-11-18/h6-9,14,16,18,30H,10-13H2,1-5H3. The summed E-state index contributed by atoms with van der Waals surface area (Å²) in [6.45, 7) is 5.65. The highest BCUT2D eigenvalue weighted by Crippen LogP contribution is 2.43. The number of ether oxygens (including phenoxy) is 2. The minimum atomic E-state index is -0.536. The Kier molecular flexibility index (Phi) is 6.99. The predicted molar refractivity (Wildman–Crippen MR) is 134 cm³/mol. The molecule has 0 amide bonds. The van der Waals surface area contributed by atoms with Crippen molar-refractivity contribution in [2.75, 3.05) is 39.3 Å². The fraction of sp³-hybridized carbons (Fsp3) is 0.407. The summed E-state index contributed by atoms with van der Waals surface area (Å²) in [6, 6.07) is 10.5. The second-order valence-electron chi connectivity index (χ2n) is 9.27. The van der Waals surface area contributed by atoms with Gasteiger partial charge in [0.1, 0.15) is 17.1 Å². The highest BCUT2D eigenvalue weighted by molar-refractivity contribution is 6.10. The molecule has 1 N–H and O–H groups in total. The molecular weight excluding hydrogens is 447 g/mol. The van der Waals surface area contributed by atoms with Crippen LogP contribution in [0.3, 0.4) is 0 Å². The lowest BCUT2D eigenvalue weighted by atomic mass is 9.88. The molecule has 1 fully saturated rings. The highest BCUT2D eigenvalue weighted by atomic mass is 19.1. The summed E-state index contributed by atoms with van der Waals surface area (Å²) in [5.41, 5.74) is 2.29. The molecule has 1 aromatic heterocycles. The molecule has 0 aliphatic carbocycles. The van der Waals surface area contributed by atoms with Crippen molar-refractivity contribution in [1.82, 2.24) is 9.88 Å². The molecule has 2 heterocycles. The fourth-order valence-corrected chi connectivity index (χ4v) is 5.00. The van der Waals surface area contributed by atoms with Crippen LogP contribution in [0, 0.1) is 17.1 Å². The van der Waals surface area contributed by atoms with Gasteiger partial charge in [0.15, 0.2) is 5.82 Å². The van der Waals surface area contributed by atoms with Crippen LogP contribution in [0.2, 0.25) is 0 Å². The molecule has 0 bridgehead atoms. The number of likely N-dealkylation sites (tertiary alicyclic amines) is 1. The lowest BCUT2D eigenvalue weighted by Crippen LogP contribution is -2.31. The Morgan fingerprint density at radius 3 is 2.54 bits per heavy atom. The molecule has 0 atom stereocenters. The maximum absolute atomic E-state index is 16.4. The number of fused-ring (bicyclic) bond motifs is 1. The third-order valence-electron chi connectivity index (χ3n) is 6.78. The maximum Gasteiger partial charge on any atom is 0.342 e. The number of methoxy groups -OCH3 is 2. The van der Waals surface area contributed by atoms with E-state index in [0.717, 1.165) is 25.9 Å². The number of aromatic amines is 1. The molecule has 0 spiro atoms. The van der Waals surface area contributed by atoms with E-state index in [2.05, 4.69) is 23.0 Å². The van der Waals surface area contributed by atoms with Crippen LogP contribution in [0.4, 0.5) is 15.9 Å². The molecule has 1 aliphatic rings. The van der Waals surface area contributed by atoms with Crippen LogP contribution in [-0.4, -0.2) is 56.3 Å². The minimum absolute atomic E-state index is 0.0380. The number of benzene rings is 2. The van der Waals surface area contributed by atoms with Gasteiger partial charge in [-0.25, -0.2) is 9.18 Å². The Morgan fingerprint density at radius 1 is 1.23 bits per heavy atom. The SMILES string of the molecule is COC(=O)c1c(N(c2ccc(OC)c(C3CCN(C)CC3)c2F)C(C)C)[nH]c2cc(C#N)ccc12. The summed E-state index contributed by atoms with van der Waals surface area (Å²) in [6.07, 6.45) is 1.68. The zero-order chi connectivity index (χ0) is 25.3. The molecular formula is C27H31FN4O3. The second kappa shape index (κ2) is 9.96. The number of halogens is 1. The second-order valence-corrected chi connectivity index (χ2v) is 9.27. The summed E-state index contributed by atoms with van der Waals surface area (Å²) in [4.78, 5) is 20.2. The third-order valence-corrected chi connectivity index (χ3v) is 6.78. The van der Waals surface area contributed by atoms with E-state index in [1.54, 1.807) is 42.3 Å². The predicted octanol–water partition coefficient (Wildman–Crippen LogP) is 5.33. The molecule has 8 heteroatoms. The number of piperidine rings is 1. The van der Waals surface area contributed by atoms with E-state index in [4.69, 9.17) is 9.47 Å². The Labute approximate surface area is 205 Å². The van der Waals surface area contributed by atoms with Crippen molar-refractivity contribution in [3.63, 3.8) is 0 Å². The molecule has 0 unspecified atom stereocenters. The number of carbonyl (C=O) groups is 1. The van der Waals surface area contributed by atoms with Crippen molar-refractivity contribution in [3.05, 3.63) is 52.8 Å². The van der Waals surface area contributed by atoms with Crippen LogP contribution in [0.5, 0.6) is 5.75 Å². The van der Waals surface area contributed by atoms with Crippen molar-refractivity contribution >= 4 is 28.4 Å². The van der Waals surface area contributed by atoms with Crippen LogP contribution >= 0.6 is 0 Å². The zero-order valence-corrected chi connectivity index (χ0v) is 20.8. The van der Waals surface area contributed by atoms with Gasteiger partial charge >= 0.3 is 5.97 Å². The zero-order valence-electron chi connectivity index (χ0n) is 20.8. The number of anilines is 2. The monoisotopic (exact) mass is 478 g/mol. The first-order chi connectivity index (χ1) is 16.8. The van der Waals surface area contributed by atoms with Crippen LogP contribution in [0.1, 0.15) is 54.1 Å². The quantitative estimate of drug-likeness (QED) is 0.483. The van der Waals surface area contributed by atoms with E-state index in [0.29, 0.717) is 44.8 Å². The maximum atomic E-state index is 16.4. The number of nitrogens with zero attached hydrogens (tertiary/aromatic N) is 3. The summed E-state index contributed by atoms with van der Waals surface area (Å²) in [7, 11) is 4.95. The first-order valence-electron chi connectivity index (χ1n) is 11.8. The highest BCUT2D eigenvalue weighted by Gasteiger charge is 2.31. The van der Waals surface area contributed by atoms with Gasteiger partial charge in [-0.2, -0.15) is 5.26 Å². The smallest absolute Gasteiger partial charge is 0.342 e. The number of aromatic nitrogens is 1. The lowest BCUT2D eigenvalue weighted by Gasteiger charge is -2.33. The minimum Gasteiger partial charge on any atom is -0.496 e. The van der Waals surface area contributed by atoms with Gasteiger partial charge in [-0.15, -0.1) is 0 Å². The van der Waals surface area contributed by atoms with E-state index in [1.807, 2.05) is 13.8 Å². The Balaban J connectivity index is 1.92. The molecule has 1 aliphatic heterocycles. The number of nitriles is 1. The van der Waals surface area contributed by atoms with Crippen molar-refractivity contribution in [1.29, 1.82) is 5.26 Å². The molecule has 2 aromatic carbocycles. The lowest BCUT2D eigenvalue weighted by molar-refractivity contribution is 0.0604. The van der Waals surface area contributed by atoms with Crippen molar-refractivity contribution in [2.24, 2.45) is 0 Å². The summed E-state index contributed by atoms with van der Waals surface area (Å²) in [5.74, 6) is 0.116. The molecule has 0 radical (unpaired) electrons. The summed E-state index contributed by atoms with van der Waals surface area (Å²) in [5, 5.41) is 9.94. The van der Waals surface area contributed by atoms with Crippen LogP contribution in [0.25, 0.3) is 10.9 Å². The van der Waals surface area contributed by atoms with Gasteiger partial charge in [-0.05, 0) is 77.0 Å². The van der Waals surface area contributed by atoms with Crippen LogP contribution < -0.4 is 9.64 Å². The molecule has 1 saturated heterocycles. The first kappa shape index (κ1) is 24.6. The third kappa shape index (κ3) is 4.44. The topological polar surface area (TPSA) is 81.6 Å². The average molecular weight is 479 g/mol. The Hall–Kier alpha value is -3.57. The van der Waals surface area contributed by atoms with Gasteiger partial charge in [0, 0.05) is 22.5 Å². The summed E-state index contributed by atoms with van der Waals surface area (Å²) >= 11 is 0. The van der Waals surface area contributed by atoms with E-state index >= 15 is 4.39 Å². The van der Waals surface area contributed by atoms with Gasteiger partial charge in [-0.3, -0.25) is 0 Å². The summed E-state index contributed by atoms with van der Waals surface area (Å²) < 4.78 is 27.0. The number of carbonyl (C=O) groups excluding carboxylic acids is 1. The van der Waals surface area contributed by atoms with Gasteiger partial charge in [0.25, 0.3) is 0 Å². The molecule has 3 aromatic rings. The number of H-pyrrole nitrogens is 1. The van der Waals surface area contributed by atoms with Crippen molar-refractivity contribution < 1.29 is 18.7 Å². The van der Waals surface area contributed by atoms with E-state index in [9.17, 15) is 10.1 Å². The van der Waals surface area contributed by atoms with Gasteiger partial charge in [-0.1, -0.05) is 6.07 Å². The largest absolute Gasteiger partial charge is 0.496 e. The van der Waals surface area contributed by atoms with E-state index < -0.39 is 5.97 Å². The average Bonchev–Trinajstić information content (AvgIpc) is 3.22. The van der Waals surface area contributed by atoms with E-state index in [-0.39, 0.29) is 17.8 Å². The first-order valence-corrected chi connectivity index (χ1v) is 11.8. The number of hydrogen-bond acceptors (Lipinski definition) is 6. The molecule has 7 nitrogen and oxygen atoms in total. The normalized spacial score (nSPS) is 14.8. The number of esters is 1. The number of nitrogens with one attached hydrogen (secondary N) is 1. The van der Waals surface area contributed by atoms with Gasteiger partial charge < -0.3 is 24.3 Å². The van der Waals surface area contributed by atoms with Gasteiger partial charge in [0.05, 0.1) is 31.5 Å². The Morgan fingerprint density at radius 2 is 1.94 bits per heavy atom. The number of rotatable bonds is 6. The number of hydrogen-bond donors (Lipinski definition) is 1. The van der Waals surface area contributed by atoms with Crippen LogP contribution in [0.15, 0.2) is 30.3 Å². The van der Waals surface area contributed by atoms with Crippen molar-refractivity contribution in [2.45, 2.75) is 38.6 Å².